The Morgan fingerprint density at radius 2 is 1.71 bits per heavy atom. The summed E-state index contributed by atoms with van der Waals surface area (Å²) < 4.78 is 4.79. The van der Waals surface area contributed by atoms with E-state index in [1.54, 1.807) is 6.07 Å². The van der Waals surface area contributed by atoms with Crippen LogP contribution in [0.4, 0.5) is 0 Å². The summed E-state index contributed by atoms with van der Waals surface area (Å²) in [5.74, 6) is 2.18. The zero-order valence-corrected chi connectivity index (χ0v) is 12.5. The van der Waals surface area contributed by atoms with Gasteiger partial charge in [0.15, 0.2) is 0 Å². The average molecular weight is 286 g/mol. The number of ether oxygens (including phenoxy) is 1. The van der Waals surface area contributed by atoms with Gasteiger partial charge < -0.3 is 9.84 Å². The summed E-state index contributed by atoms with van der Waals surface area (Å²) in [7, 11) is 1.36. The van der Waals surface area contributed by atoms with E-state index in [9.17, 15) is 9.90 Å². The SMILES string of the molecule is COC(=O)c1cc(C23CC4CC(CC(C4)C2)C3)ccc1O. The molecular formula is C18H22O3. The number of hydrogen-bond donors (Lipinski definition) is 1. The normalized spacial score (nSPS) is 36.7. The largest absolute Gasteiger partial charge is 0.507 e. The van der Waals surface area contributed by atoms with Crippen molar-refractivity contribution in [2.75, 3.05) is 7.11 Å². The van der Waals surface area contributed by atoms with E-state index >= 15 is 0 Å². The zero-order chi connectivity index (χ0) is 14.6. The zero-order valence-electron chi connectivity index (χ0n) is 12.5. The van der Waals surface area contributed by atoms with Gasteiger partial charge in [0, 0.05) is 0 Å². The molecule has 4 fully saturated rings. The molecule has 4 saturated carbocycles. The Morgan fingerprint density at radius 1 is 1.14 bits per heavy atom. The summed E-state index contributed by atoms with van der Waals surface area (Å²) >= 11 is 0. The third kappa shape index (κ3) is 1.97. The molecule has 0 saturated heterocycles. The van der Waals surface area contributed by atoms with Crippen molar-refractivity contribution < 1.29 is 14.6 Å². The maximum Gasteiger partial charge on any atom is 0.341 e. The van der Waals surface area contributed by atoms with Crippen LogP contribution in [0.2, 0.25) is 0 Å². The molecule has 0 aliphatic heterocycles. The number of carbonyl (C=O) groups excluding carboxylic acids is 1. The summed E-state index contributed by atoms with van der Waals surface area (Å²) in [6.07, 6.45) is 7.97. The fourth-order valence-corrected chi connectivity index (χ4v) is 5.60. The highest BCUT2D eigenvalue weighted by atomic mass is 16.5. The number of carbonyl (C=O) groups is 1. The van der Waals surface area contributed by atoms with Crippen molar-refractivity contribution in [3.8, 4) is 5.75 Å². The van der Waals surface area contributed by atoms with Gasteiger partial charge in [-0.05, 0) is 79.4 Å². The Balaban J connectivity index is 1.75. The quantitative estimate of drug-likeness (QED) is 0.844. The summed E-state index contributed by atoms with van der Waals surface area (Å²) in [6, 6.07) is 5.57. The van der Waals surface area contributed by atoms with Crippen LogP contribution in [-0.4, -0.2) is 18.2 Å². The van der Waals surface area contributed by atoms with Crippen molar-refractivity contribution in [1.29, 1.82) is 0 Å². The van der Waals surface area contributed by atoms with Crippen molar-refractivity contribution >= 4 is 5.97 Å². The molecule has 1 aromatic carbocycles. The van der Waals surface area contributed by atoms with Crippen LogP contribution in [0.5, 0.6) is 5.75 Å². The lowest BCUT2D eigenvalue weighted by Gasteiger charge is -2.57. The van der Waals surface area contributed by atoms with Crippen LogP contribution in [0.1, 0.15) is 54.4 Å². The third-order valence-electron chi connectivity index (χ3n) is 6.05. The van der Waals surface area contributed by atoms with Gasteiger partial charge in [-0.2, -0.15) is 0 Å². The number of esters is 1. The predicted octanol–water partition coefficient (Wildman–Crippen LogP) is 3.65. The molecule has 0 spiro atoms. The number of hydrogen-bond acceptors (Lipinski definition) is 3. The van der Waals surface area contributed by atoms with E-state index in [2.05, 4.69) is 0 Å². The molecule has 0 atom stereocenters. The lowest BCUT2D eigenvalue weighted by molar-refractivity contribution is -0.00524. The van der Waals surface area contributed by atoms with Gasteiger partial charge >= 0.3 is 5.97 Å². The number of phenolic OH excluding ortho intramolecular Hbond substituents is 1. The van der Waals surface area contributed by atoms with Crippen molar-refractivity contribution in [1.82, 2.24) is 0 Å². The van der Waals surface area contributed by atoms with Crippen LogP contribution in [0.3, 0.4) is 0 Å². The maximum atomic E-state index is 11.8. The minimum Gasteiger partial charge on any atom is -0.507 e. The molecule has 1 N–H and O–H groups in total. The van der Waals surface area contributed by atoms with Gasteiger partial charge in [-0.25, -0.2) is 4.79 Å². The number of aromatic hydroxyl groups is 1. The van der Waals surface area contributed by atoms with Crippen molar-refractivity contribution in [2.45, 2.75) is 43.9 Å². The van der Waals surface area contributed by atoms with Gasteiger partial charge in [0.1, 0.15) is 11.3 Å². The lowest BCUT2D eigenvalue weighted by atomic mass is 9.48. The smallest absolute Gasteiger partial charge is 0.341 e. The van der Waals surface area contributed by atoms with Crippen LogP contribution in [0.25, 0.3) is 0 Å². The first kappa shape index (κ1) is 13.2. The van der Waals surface area contributed by atoms with Gasteiger partial charge in [-0.15, -0.1) is 0 Å². The van der Waals surface area contributed by atoms with Crippen molar-refractivity contribution in [3.63, 3.8) is 0 Å². The van der Waals surface area contributed by atoms with Crippen molar-refractivity contribution in [2.24, 2.45) is 17.8 Å². The number of rotatable bonds is 2. The highest BCUT2D eigenvalue weighted by Gasteiger charge is 2.51. The molecule has 0 radical (unpaired) electrons. The first-order valence-corrected chi connectivity index (χ1v) is 8.01. The molecule has 21 heavy (non-hydrogen) atoms. The summed E-state index contributed by atoms with van der Waals surface area (Å²) in [6.45, 7) is 0. The van der Waals surface area contributed by atoms with Crippen LogP contribution < -0.4 is 0 Å². The van der Waals surface area contributed by atoms with Crippen molar-refractivity contribution in [3.05, 3.63) is 29.3 Å². The predicted molar refractivity (Wildman–Crippen MR) is 79.3 cm³/mol. The molecule has 1 aromatic rings. The molecule has 112 valence electrons. The van der Waals surface area contributed by atoms with E-state index in [0.717, 1.165) is 17.8 Å². The molecular weight excluding hydrogens is 264 g/mol. The Morgan fingerprint density at radius 3 is 2.24 bits per heavy atom. The number of methoxy groups -OCH3 is 1. The van der Waals surface area contributed by atoms with E-state index in [4.69, 9.17) is 4.74 Å². The molecule has 0 unspecified atom stereocenters. The maximum absolute atomic E-state index is 11.8. The molecule has 4 aliphatic carbocycles. The second-order valence-corrected chi connectivity index (χ2v) is 7.42. The second-order valence-electron chi connectivity index (χ2n) is 7.42. The van der Waals surface area contributed by atoms with E-state index in [1.165, 1.54) is 51.2 Å². The van der Waals surface area contributed by atoms with Gasteiger partial charge in [-0.3, -0.25) is 0 Å². The fourth-order valence-electron chi connectivity index (χ4n) is 5.60. The molecule has 0 heterocycles. The molecule has 5 rings (SSSR count). The van der Waals surface area contributed by atoms with Gasteiger partial charge in [0.05, 0.1) is 7.11 Å². The fraction of sp³-hybridized carbons (Fsp3) is 0.611. The van der Waals surface area contributed by atoms with E-state index in [1.807, 2.05) is 12.1 Å². The minimum absolute atomic E-state index is 0.0235. The van der Waals surface area contributed by atoms with Gasteiger partial charge in [-0.1, -0.05) is 6.07 Å². The molecule has 0 aromatic heterocycles. The van der Waals surface area contributed by atoms with E-state index < -0.39 is 5.97 Å². The third-order valence-corrected chi connectivity index (χ3v) is 6.05. The van der Waals surface area contributed by atoms with Gasteiger partial charge in [0.2, 0.25) is 0 Å². The van der Waals surface area contributed by atoms with E-state index in [0.29, 0.717) is 5.56 Å². The lowest BCUT2D eigenvalue weighted by Crippen LogP contribution is -2.48. The Hall–Kier alpha value is -1.51. The number of benzene rings is 1. The number of phenols is 1. The molecule has 3 heteroatoms. The minimum atomic E-state index is -0.445. The highest BCUT2D eigenvalue weighted by molar-refractivity contribution is 5.92. The Kier molecular flexibility index (Phi) is 2.82. The highest BCUT2D eigenvalue weighted by Crippen LogP contribution is 2.60. The van der Waals surface area contributed by atoms with Crippen LogP contribution in [0, 0.1) is 17.8 Å². The standard InChI is InChI=1S/C18H22O3/c1-21-17(20)15-7-14(2-3-16(15)19)18-8-11-4-12(9-18)6-13(5-11)10-18/h2-3,7,11-13,19H,4-6,8-10H2,1H3. The molecule has 3 nitrogen and oxygen atoms in total. The monoisotopic (exact) mass is 286 g/mol. The first-order chi connectivity index (χ1) is 10.1. The molecule has 0 amide bonds. The molecule has 4 bridgehead atoms. The van der Waals surface area contributed by atoms with Crippen LogP contribution in [0.15, 0.2) is 18.2 Å². The summed E-state index contributed by atoms with van der Waals surface area (Å²) in [5.41, 5.74) is 1.79. The topological polar surface area (TPSA) is 46.5 Å². The molecule has 4 aliphatic rings. The van der Waals surface area contributed by atoms with Crippen LogP contribution >= 0.6 is 0 Å². The Bertz CT molecular complexity index is 555. The van der Waals surface area contributed by atoms with Gasteiger partial charge in [0.25, 0.3) is 0 Å². The summed E-state index contributed by atoms with van der Waals surface area (Å²) in [5, 5.41) is 9.92. The second kappa shape index (κ2) is 4.49. The average Bonchev–Trinajstić information content (AvgIpc) is 2.45. The first-order valence-electron chi connectivity index (χ1n) is 8.01. The van der Waals surface area contributed by atoms with E-state index in [-0.39, 0.29) is 11.2 Å². The Labute approximate surface area is 125 Å². The summed E-state index contributed by atoms with van der Waals surface area (Å²) in [4.78, 5) is 11.8. The van der Waals surface area contributed by atoms with Crippen LogP contribution in [-0.2, 0) is 10.2 Å².